The number of carbonyl (C=O) groups is 3. The zero-order chi connectivity index (χ0) is 70.1. The van der Waals surface area contributed by atoms with Crippen LogP contribution < -0.4 is 57.4 Å². The van der Waals surface area contributed by atoms with E-state index in [4.69, 9.17) is 50.4 Å². The van der Waals surface area contributed by atoms with Crippen LogP contribution in [0.5, 0.6) is 23.0 Å². The molecule has 1 aliphatic heterocycles. The lowest BCUT2D eigenvalue weighted by atomic mass is 9.93. The van der Waals surface area contributed by atoms with E-state index in [9.17, 15) is 18.8 Å². The van der Waals surface area contributed by atoms with Gasteiger partial charge in [0.1, 0.15) is 40.7 Å². The van der Waals surface area contributed by atoms with E-state index in [1.165, 1.54) is 30.2 Å². The molecular weight excluding hydrogens is 1390 g/mol. The fraction of sp³-hybridized carbons (Fsp3) is 0.214. The molecule has 0 aliphatic carbocycles. The second-order valence-corrected chi connectivity index (χ2v) is 22.9. The molecule has 25 nitrogen and oxygen atoms in total. The van der Waals surface area contributed by atoms with E-state index in [0.29, 0.717) is 98.7 Å². The van der Waals surface area contributed by atoms with Crippen LogP contribution in [0, 0.1) is 5.95 Å². The molecule has 508 valence electrons. The first kappa shape index (κ1) is 73.0. The molecule has 0 amide bonds. The number of nitrogens with one attached hydrogen (secondary N) is 4. The maximum Gasteiger partial charge on any atom is 0.212 e. The highest BCUT2D eigenvalue weighted by molar-refractivity contribution is 9.10. The lowest BCUT2D eigenvalue weighted by molar-refractivity contribution is 0.103. The Morgan fingerprint density at radius 1 is 0.449 bits per heavy atom. The zero-order valence-corrected chi connectivity index (χ0v) is 57.7. The van der Waals surface area contributed by atoms with Gasteiger partial charge in [-0.25, -0.2) is 39.9 Å². The van der Waals surface area contributed by atoms with E-state index in [0.717, 1.165) is 64.8 Å². The van der Waals surface area contributed by atoms with E-state index < -0.39 is 5.95 Å². The standard InChI is InChI=1S/C23H26N4O3.C22H24N4O4.C14H15BrN4O2.C11H7BrFN3O/c1-28-9-8-24-22-7-5-16(12-25-22)19-14-27-23-18(19)10-17(13-26-23)15-4-6-20(29-2)21(11-15)30-3;1-28-9-8-24-20-7-5-15(12-25-20)21(27)17-10-16(13-26-22(17)23)14-4-6-18(29-2)19(11-14)30-3;1-21-5-4-17-12-3-2-9(7-18-12)13(20)11-6-10(15)8-19-14(11)16;12-7-3-8(11(14)16-5-7)10(17)6-1-2-9(13)15-4-6/h4-7,10-13,19H,8-9,14H2,1-3H3,(H,24,25)(H,26,27);4-7,10-13H,8-9H2,1-3H3,(H2,23,26)(H,24,25);2-3,6-8H,4-5H2,1H3,(H2,16,19)(H,17,18);1-5H,(H2,14,16). The largest absolute Gasteiger partial charge is 0.493 e. The molecule has 1 aliphatic rings. The number of fused-ring (bicyclic) bond motifs is 1. The number of carbonyl (C=O) groups excluding carboxylic acids is 3. The van der Waals surface area contributed by atoms with Gasteiger partial charge in [0.25, 0.3) is 0 Å². The van der Waals surface area contributed by atoms with Gasteiger partial charge in [-0.3, -0.25) is 14.4 Å². The number of hydrogen-bond acceptors (Lipinski definition) is 25. The van der Waals surface area contributed by atoms with E-state index in [1.807, 2.05) is 48.8 Å². The maximum atomic E-state index is 13.0. The van der Waals surface area contributed by atoms with Crippen molar-refractivity contribution in [2.45, 2.75) is 5.92 Å². The van der Waals surface area contributed by atoms with Crippen molar-refractivity contribution in [3.8, 4) is 45.3 Å². The van der Waals surface area contributed by atoms with Crippen molar-refractivity contribution in [3.05, 3.63) is 218 Å². The molecule has 0 bridgehead atoms. The topological polar surface area (TPSA) is 345 Å². The monoisotopic (exact) mass is 1460 g/mol. The van der Waals surface area contributed by atoms with Crippen molar-refractivity contribution in [1.29, 1.82) is 0 Å². The average molecular weight is 1460 g/mol. The predicted octanol–water partition coefficient (Wildman–Crippen LogP) is 11.1. The SMILES string of the molecule is COCCNc1ccc(C(=O)c2cc(-c3ccc(OC)c(OC)c3)cnc2N)cn1.COCCNc1ccc(C(=O)c2cc(Br)cnc2N)cn1.COCCNc1ccc(C2CNc3ncc(-c4ccc(OC)c(OC)c4)cc32)cn1.Nc1ncc(Br)cc1C(=O)c1ccc(F)nc1. The number of ketones is 3. The second-order valence-electron chi connectivity index (χ2n) is 21.0. The molecule has 0 fully saturated rings. The summed E-state index contributed by atoms with van der Waals surface area (Å²) in [7, 11) is 11.4. The average Bonchev–Trinajstić information content (AvgIpc) is 1.57. The fourth-order valence-corrected chi connectivity index (χ4v) is 10.2. The Balaban J connectivity index is 0.000000171. The van der Waals surface area contributed by atoms with Crippen molar-refractivity contribution in [2.24, 2.45) is 0 Å². The van der Waals surface area contributed by atoms with Gasteiger partial charge in [-0.1, -0.05) is 18.2 Å². The predicted molar refractivity (Wildman–Crippen MR) is 381 cm³/mol. The van der Waals surface area contributed by atoms with Gasteiger partial charge in [-0.15, -0.1) is 0 Å². The van der Waals surface area contributed by atoms with Gasteiger partial charge in [-0.2, -0.15) is 4.39 Å². The number of rotatable bonds is 25. The number of aromatic nitrogens is 8. The summed E-state index contributed by atoms with van der Waals surface area (Å²) in [6.45, 7) is 4.61. The smallest absolute Gasteiger partial charge is 0.212 e. The Morgan fingerprint density at radius 3 is 1.27 bits per heavy atom. The molecule has 0 saturated heterocycles. The second kappa shape index (κ2) is 36.4. The van der Waals surface area contributed by atoms with Gasteiger partial charge in [0.2, 0.25) is 5.95 Å². The molecule has 0 radical (unpaired) electrons. The Hall–Kier alpha value is -10.8. The van der Waals surface area contributed by atoms with Crippen molar-refractivity contribution in [2.75, 3.05) is 134 Å². The van der Waals surface area contributed by atoms with Gasteiger partial charge in [0.05, 0.1) is 65.0 Å². The summed E-state index contributed by atoms with van der Waals surface area (Å²) < 4.78 is 50.4. The van der Waals surface area contributed by atoms with Crippen LogP contribution in [0.15, 0.2) is 168 Å². The van der Waals surface area contributed by atoms with Crippen LogP contribution in [-0.4, -0.2) is 153 Å². The van der Waals surface area contributed by atoms with E-state index >= 15 is 0 Å². The van der Waals surface area contributed by atoms with Gasteiger partial charge in [0.15, 0.2) is 40.3 Å². The van der Waals surface area contributed by atoms with Crippen LogP contribution in [0.3, 0.4) is 0 Å². The Morgan fingerprint density at radius 2 is 0.857 bits per heavy atom. The number of nitrogen functional groups attached to an aromatic ring is 3. The number of ether oxygens (including phenoxy) is 7. The van der Waals surface area contributed by atoms with Crippen molar-refractivity contribution in [1.82, 2.24) is 39.9 Å². The van der Waals surface area contributed by atoms with Gasteiger partial charge in [0, 0.05) is 145 Å². The number of hydrogen-bond donors (Lipinski definition) is 7. The van der Waals surface area contributed by atoms with Crippen molar-refractivity contribution in [3.63, 3.8) is 0 Å². The van der Waals surface area contributed by atoms with Crippen LogP contribution in [0.2, 0.25) is 0 Å². The van der Waals surface area contributed by atoms with Crippen LogP contribution in [0.4, 0.5) is 45.1 Å². The van der Waals surface area contributed by atoms with Gasteiger partial charge in [-0.05, 0) is 140 Å². The molecule has 0 spiro atoms. The number of pyridine rings is 8. The van der Waals surface area contributed by atoms with E-state index in [1.54, 1.807) is 111 Å². The number of benzene rings is 2. The van der Waals surface area contributed by atoms with Crippen molar-refractivity contribution >= 4 is 89.9 Å². The summed E-state index contributed by atoms with van der Waals surface area (Å²) in [4.78, 5) is 70.5. The number of anilines is 7. The Kier molecular flexibility index (Phi) is 27.1. The van der Waals surface area contributed by atoms with E-state index in [2.05, 4.69) is 105 Å². The Bertz CT molecular complexity index is 4320. The molecular formula is C70H72Br2FN15O10. The lowest BCUT2D eigenvalue weighted by Crippen LogP contribution is -2.10. The summed E-state index contributed by atoms with van der Waals surface area (Å²) in [5.41, 5.74) is 25.4. The third-order valence-electron chi connectivity index (χ3n) is 14.7. The summed E-state index contributed by atoms with van der Waals surface area (Å²) in [5.74, 6) is 4.97. The fourth-order valence-electron chi connectivity index (χ4n) is 9.57. The third kappa shape index (κ3) is 19.7. The summed E-state index contributed by atoms with van der Waals surface area (Å²) in [6.07, 6.45) is 12.7. The third-order valence-corrected chi connectivity index (χ3v) is 15.6. The van der Waals surface area contributed by atoms with Crippen LogP contribution in [0.25, 0.3) is 22.3 Å². The molecule has 98 heavy (non-hydrogen) atoms. The molecule has 1 atom stereocenters. The number of nitrogens with zero attached hydrogens (tertiary/aromatic N) is 8. The minimum atomic E-state index is -0.637. The molecule has 0 saturated carbocycles. The summed E-state index contributed by atoms with van der Waals surface area (Å²) in [5, 5.41) is 12.8. The molecule has 9 heterocycles. The van der Waals surface area contributed by atoms with Gasteiger partial charge < -0.3 is 71.6 Å². The van der Waals surface area contributed by atoms with Crippen LogP contribution in [0.1, 0.15) is 64.8 Å². The quantitative estimate of drug-likeness (QED) is 0.0159. The Labute approximate surface area is 582 Å². The van der Waals surface area contributed by atoms with Crippen molar-refractivity contribution < 1.29 is 51.9 Å². The van der Waals surface area contributed by atoms with Gasteiger partial charge >= 0.3 is 0 Å². The maximum absolute atomic E-state index is 13.0. The highest BCUT2D eigenvalue weighted by atomic mass is 79.9. The number of nitrogens with two attached hydrogens (primary N) is 3. The first-order chi connectivity index (χ1) is 47.5. The summed E-state index contributed by atoms with van der Waals surface area (Å²) >= 11 is 6.48. The van der Waals surface area contributed by atoms with Crippen LogP contribution in [-0.2, 0) is 14.2 Å². The molecule has 11 rings (SSSR count). The first-order valence-electron chi connectivity index (χ1n) is 30.1. The highest BCUT2D eigenvalue weighted by Crippen LogP contribution is 2.39. The normalized spacial score (nSPS) is 11.7. The molecule has 2 aromatic carbocycles. The molecule has 1 unspecified atom stereocenters. The molecule has 8 aromatic heterocycles. The number of halogens is 3. The molecule has 10 N–H and O–H groups in total. The van der Waals surface area contributed by atoms with Crippen LogP contribution >= 0.6 is 31.9 Å². The minimum absolute atomic E-state index is 0.127. The first-order valence-corrected chi connectivity index (χ1v) is 31.7. The molecule has 28 heteroatoms. The molecule has 10 aromatic rings. The lowest BCUT2D eigenvalue weighted by Gasteiger charge is -2.13. The minimum Gasteiger partial charge on any atom is -0.493 e. The summed E-state index contributed by atoms with van der Waals surface area (Å²) in [6, 6.07) is 32.0. The number of methoxy groups -OCH3 is 7. The highest BCUT2D eigenvalue weighted by Gasteiger charge is 2.27. The zero-order valence-electron chi connectivity index (χ0n) is 54.6. The van der Waals surface area contributed by atoms with E-state index in [-0.39, 0.29) is 51.8 Å².